The fraction of sp³-hybridized carbons (Fsp3) is 0.238. The van der Waals surface area contributed by atoms with Crippen molar-refractivity contribution in [1.29, 1.82) is 5.26 Å². The molecule has 0 amide bonds. The Morgan fingerprint density at radius 3 is 1.57 bits per heavy atom. The lowest BCUT2D eigenvalue weighted by molar-refractivity contribution is -0.00518. The van der Waals surface area contributed by atoms with Gasteiger partial charge in [-0.1, -0.05) is 97.1 Å². The van der Waals surface area contributed by atoms with Crippen LogP contribution in [0.25, 0.3) is 56.1 Å². The molecule has 10 rings (SSSR count). The fourth-order valence-electron chi connectivity index (χ4n) is 9.09. The van der Waals surface area contributed by atoms with E-state index in [1.807, 2.05) is 36.4 Å². The van der Waals surface area contributed by atoms with Crippen molar-refractivity contribution in [3.05, 3.63) is 126 Å². The summed E-state index contributed by atoms with van der Waals surface area (Å²) in [4.78, 5) is 15.0. The quantitative estimate of drug-likeness (QED) is 0.199. The molecule has 4 aliphatic rings. The summed E-state index contributed by atoms with van der Waals surface area (Å²) in [6.45, 7) is 0. The third-order valence-electron chi connectivity index (χ3n) is 10.9. The minimum Gasteiger partial charge on any atom is -0.208 e. The molecule has 1 aromatic heterocycles. The lowest BCUT2D eigenvalue weighted by atomic mass is 9.48. The van der Waals surface area contributed by atoms with Crippen LogP contribution >= 0.6 is 0 Å². The van der Waals surface area contributed by atoms with Gasteiger partial charge in [0.05, 0.1) is 11.6 Å². The van der Waals surface area contributed by atoms with Crippen LogP contribution in [-0.2, 0) is 5.41 Å². The molecule has 4 heteroatoms. The van der Waals surface area contributed by atoms with Crippen LogP contribution in [0.2, 0.25) is 0 Å². The summed E-state index contributed by atoms with van der Waals surface area (Å²) in [6.07, 6.45) is 8.47. The van der Waals surface area contributed by atoms with Crippen molar-refractivity contribution < 1.29 is 0 Å². The Balaban J connectivity index is 1.06. The summed E-state index contributed by atoms with van der Waals surface area (Å²) < 4.78 is 0. The molecule has 0 spiro atoms. The average Bonchev–Trinajstić information content (AvgIpc) is 3.11. The van der Waals surface area contributed by atoms with Crippen LogP contribution in [0.4, 0.5) is 0 Å². The van der Waals surface area contributed by atoms with Gasteiger partial charge < -0.3 is 0 Å². The van der Waals surface area contributed by atoms with Crippen molar-refractivity contribution in [3.63, 3.8) is 0 Å². The van der Waals surface area contributed by atoms with Crippen molar-refractivity contribution in [2.45, 2.75) is 43.9 Å². The Bertz CT molecular complexity index is 2090. The number of nitriles is 1. The van der Waals surface area contributed by atoms with Gasteiger partial charge in [0.1, 0.15) is 0 Å². The van der Waals surface area contributed by atoms with E-state index in [0.717, 1.165) is 56.3 Å². The number of nitrogens with zero attached hydrogens (tertiary/aromatic N) is 4. The Morgan fingerprint density at radius 1 is 0.500 bits per heavy atom. The molecule has 46 heavy (non-hydrogen) atoms. The van der Waals surface area contributed by atoms with Crippen LogP contribution in [0.5, 0.6) is 0 Å². The molecule has 6 aromatic rings. The van der Waals surface area contributed by atoms with E-state index in [2.05, 4.69) is 84.9 Å². The summed E-state index contributed by atoms with van der Waals surface area (Å²) in [6, 6.07) is 42.3. The van der Waals surface area contributed by atoms with Gasteiger partial charge in [0, 0.05) is 16.7 Å². The summed E-state index contributed by atoms with van der Waals surface area (Å²) in [5.41, 5.74) is 7.77. The first kappa shape index (κ1) is 27.2. The van der Waals surface area contributed by atoms with Crippen LogP contribution in [0.15, 0.2) is 115 Å². The highest BCUT2D eigenvalue weighted by molar-refractivity contribution is 5.88. The fourth-order valence-corrected chi connectivity index (χ4v) is 9.09. The first-order valence-corrected chi connectivity index (χ1v) is 16.6. The Labute approximate surface area is 269 Å². The normalized spacial score (nSPS) is 23.0. The number of hydrogen-bond donors (Lipinski definition) is 0. The smallest absolute Gasteiger partial charge is 0.164 e. The number of hydrogen-bond acceptors (Lipinski definition) is 4. The lowest BCUT2D eigenvalue weighted by Gasteiger charge is -2.57. The highest BCUT2D eigenvalue weighted by Gasteiger charge is 2.51. The molecule has 222 valence electrons. The first-order valence-electron chi connectivity index (χ1n) is 16.6. The average molecular weight is 595 g/mol. The molecule has 0 aliphatic heterocycles. The largest absolute Gasteiger partial charge is 0.208 e. The van der Waals surface area contributed by atoms with Gasteiger partial charge in [0.15, 0.2) is 17.5 Å². The van der Waals surface area contributed by atoms with E-state index in [-0.39, 0.29) is 0 Å². The second kappa shape index (κ2) is 10.7. The molecule has 4 fully saturated rings. The van der Waals surface area contributed by atoms with Crippen LogP contribution in [0.3, 0.4) is 0 Å². The van der Waals surface area contributed by atoms with E-state index in [4.69, 9.17) is 15.0 Å². The van der Waals surface area contributed by atoms with Crippen LogP contribution < -0.4 is 0 Å². The Kier molecular flexibility index (Phi) is 6.35. The summed E-state index contributed by atoms with van der Waals surface area (Å²) in [5, 5.41) is 11.4. The van der Waals surface area contributed by atoms with Crippen molar-refractivity contribution in [3.8, 4) is 51.4 Å². The second-order valence-corrected chi connectivity index (χ2v) is 13.9. The van der Waals surface area contributed by atoms with E-state index in [1.165, 1.54) is 44.1 Å². The summed E-state index contributed by atoms with van der Waals surface area (Å²) >= 11 is 0. The van der Waals surface area contributed by atoms with Gasteiger partial charge in [0.2, 0.25) is 0 Å². The van der Waals surface area contributed by atoms with E-state index in [1.54, 1.807) is 0 Å². The summed E-state index contributed by atoms with van der Waals surface area (Å²) in [7, 11) is 0. The monoisotopic (exact) mass is 594 g/mol. The maximum atomic E-state index is 9.25. The van der Waals surface area contributed by atoms with E-state index in [0.29, 0.717) is 28.5 Å². The van der Waals surface area contributed by atoms with Crippen LogP contribution in [-0.4, -0.2) is 15.0 Å². The van der Waals surface area contributed by atoms with Gasteiger partial charge in [-0.15, -0.1) is 0 Å². The molecule has 4 aliphatic carbocycles. The molecule has 4 bridgehead atoms. The zero-order valence-electron chi connectivity index (χ0n) is 25.7. The maximum Gasteiger partial charge on any atom is 0.164 e. The van der Waals surface area contributed by atoms with Gasteiger partial charge in [-0.3, -0.25) is 0 Å². The SMILES string of the molecule is N#Cc1ccc2cc(-c3ccc(-c4nc(-c5ccccc5)nc(-c5ccc(C67CC8CC(CC(C8)C6)C7)cc5)n4)cc3)ccc2c1. The minimum absolute atomic E-state index is 0.374. The van der Waals surface area contributed by atoms with Crippen molar-refractivity contribution in [2.75, 3.05) is 0 Å². The highest BCUT2D eigenvalue weighted by atomic mass is 15.0. The molecule has 5 aromatic carbocycles. The molecule has 0 unspecified atom stereocenters. The molecular weight excluding hydrogens is 560 g/mol. The molecule has 0 N–H and O–H groups in total. The molecule has 0 radical (unpaired) electrons. The van der Waals surface area contributed by atoms with Crippen LogP contribution in [0.1, 0.15) is 49.7 Å². The molecule has 4 nitrogen and oxygen atoms in total. The van der Waals surface area contributed by atoms with Gasteiger partial charge in [0.25, 0.3) is 0 Å². The topological polar surface area (TPSA) is 62.5 Å². The summed E-state index contributed by atoms with van der Waals surface area (Å²) in [5.74, 6) is 4.84. The van der Waals surface area contributed by atoms with Crippen LogP contribution in [0, 0.1) is 29.1 Å². The van der Waals surface area contributed by atoms with E-state index >= 15 is 0 Å². The number of benzene rings is 5. The predicted octanol–water partition coefficient (Wildman–Crippen LogP) is 10.0. The minimum atomic E-state index is 0.374. The highest BCUT2D eigenvalue weighted by Crippen LogP contribution is 2.60. The first-order chi connectivity index (χ1) is 22.6. The molecule has 0 saturated heterocycles. The molecule has 4 saturated carbocycles. The Morgan fingerprint density at radius 2 is 0.978 bits per heavy atom. The van der Waals surface area contributed by atoms with Crippen molar-refractivity contribution >= 4 is 10.8 Å². The zero-order chi connectivity index (χ0) is 30.7. The van der Waals surface area contributed by atoms with Gasteiger partial charge in [-0.25, -0.2) is 15.0 Å². The third kappa shape index (κ3) is 4.79. The maximum absolute atomic E-state index is 9.25. The number of fused-ring (bicyclic) bond motifs is 1. The zero-order valence-corrected chi connectivity index (χ0v) is 25.7. The standard InChI is InChI=1S/C42H34N4/c43-26-27-6-7-37-22-36(13-12-35(37)21-27)31-8-10-33(11-9-31)40-44-39(32-4-2-1-3-5-32)45-41(46-40)34-14-16-38(17-15-34)42-23-28-18-29(24-42)20-30(19-28)25-42/h1-17,21-22,28-30H,18-20,23-25H2. The Hall–Kier alpha value is -5.14. The third-order valence-corrected chi connectivity index (χ3v) is 10.9. The molecular formula is C42H34N4. The number of rotatable bonds is 5. The molecule has 1 heterocycles. The van der Waals surface area contributed by atoms with E-state index < -0.39 is 0 Å². The van der Waals surface area contributed by atoms with Gasteiger partial charge >= 0.3 is 0 Å². The van der Waals surface area contributed by atoms with Gasteiger partial charge in [-0.05, 0) is 107 Å². The number of aromatic nitrogens is 3. The lowest BCUT2D eigenvalue weighted by Crippen LogP contribution is -2.48. The molecule has 0 atom stereocenters. The van der Waals surface area contributed by atoms with Crippen molar-refractivity contribution in [2.24, 2.45) is 17.8 Å². The van der Waals surface area contributed by atoms with Gasteiger partial charge in [-0.2, -0.15) is 5.26 Å². The predicted molar refractivity (Wildman–Crippen MR) is 184 cm³/mol. The second-order valence-electron chi connectivity index (χ2n) is 13.9. The van der Waals surface area contributed by atoms with Crippen molar-refractivity contribution in [1.82, 2.24) is 15.0 Å². The van der Waals surface area contributed by atoms with E-state index in [9.17, 15) is 5.26 Å².